The molecule has 0 saturated heterocycles. The topological polar surface area (TPSA) is 36.4 Å². The predicted octanol–water partition coefficient (Wildman–Crippen LogP) is 5.71. The van der Waals surface area contributed by atoms with E-state index < -0.39 is 0 Å². The van der Waals surface area contributed by atoms with Crippen molar-refractivity contribution in [2.24, 2.45) is 0 Å². The second-order valence-corrected chi connectivity index (χ2v) is 9.66. The van der Waals surface area contributed by atoms with Crippen LogP contribution < -0.4 is 4.90 Å². The standard InChI is InChI=1S/C25H31N3OS/c1-25(2,3)21-14-12-20(13-15-21)23(29)28(17-9-16-27(4)5)24-26-22(18-30-24)19-10-7-6-8-11-19/h6-8,10-15,18H,9,16-17H2,1-5H3. The number of carbonyl (C=O) groups is 1. The third kappa shape index (κ3) is 5.55. The molecule has 0 unspecified atom stereocenters. The molecule has 0 aliphatic rings. The van der Waals surface area contributed by atoms with Crippen LogP contribution in [0.3, 0.4) is 0 Å². The Morgan fingerprint density at radius 3 is 2.23 bits per heavy atom. The highest BCUT2D eigenvalue weighted by atomic mass is 32.1. The second-order valence-electron chi connectivity index (χ2n) is 8.82. The molecular weight excluding hydrogens is 390 g/mol. The molecule has 158 valence electrons. The lowest BCUT2D eigenvalue weighted by molar-refractivity contribution is 0.0986. The van der Waals surface area contributed by atoms with E-state index in [1.807, 2.05) is 66.8 Å². The van der Waals surface area contributed by atoms with Gasteiger partial charge in [-0.2, -0.15) is 0 Å². The van der Waals surface area contributed by atoms with Crippen LogP contribution in [0.5, 0.6) is 0 Å². The molecule has 1 amide bonds. The first-order valence-corrected chi connectivity index (χ1v) is 11.2. The predicted molar refractivity (Wildman–Crippen MR) is 128 cm³/mol. The van der Waals surface area contributed by atoms with Crippen LogP contribution in [0.15, 0.2) is 60.0 Å². The lowest BCUT2D eigenvalue weighted by atomic mass is 9.86. The van der Waals surface area contributed by atoms with Gasteiger partial charge in [-0.05, 0) is 50.2 Å². The fourth-order valence-electron chi connectivity index (χ4n) is 3.23. The van der Waals surface area contributed by atoms with E-state index in [-0.39, 0.29) is 11.3 Å². The Morgan fingerprint density at radius 2 is 1.63 bits per heavy atom. The number of rotatable bonds is 7. The highest BCUT2D eigenvalue weighted by Gasteiger charge is 2.22. The van der Waals surface area contributed by atoms with Gasteiger partial charge in [0.05, 0.1) is 5.69 Å². The van der Waals surface area contributed by atoms with E-state index in [0.717, 1.165) is 29.4 Å². The van der Waals surface area contributed by atoms with Gasteiger partial charge >= 0.3 is 0 Å². The largest absolute Gasteiger partial charge is 0.309 e. The van der Waals surface area contributed by atoms with Gasteiger partial charge in [0.25, 0.3) is 5.91 Å². The summed E-state index contributed by atoms with van der Waals surface area (Å²) < 4.78 is 0. The highest BCUT2D eigenvalue weighted by Crippen LogP contribution is 2.29. The van der Waals surface area contributed by atoms with Gasteiger partial charge in [-0.1, -0.05) is 63.2 Å². The first-order valence-electron chi connectivity index (χ1n) is 10.3. The van der Waals surface area contributed by atoms with E-state index in [4.69, 9.17) is 4.98 Å². The molecule has 0 aliphatic carbocycles. The van der Waals surface area contributed by atoms with E-state index in [2.05, 4.69) is 37.8 Å². The number of carbonyl (C=O) groups excluding carboxylic acids is 1. The molecule has 1 aromatic heterocycles. The van der Waals surface area contributed by atoms with Gasteiger partial charge in [-0.15, -0.1) is 11.3 Å². The maximum atomic E-state index is 13.4. The summed E-state index contributed by atoms with van der Waals surface area (Å²) >= 11 is 1.52. The average molecular weight is 422 g/mol. The summed E-state index contributed by atoms with van der Waals surface area (Å²) in [5.41, 5.74) is 3.95. The zero-order chi connectivity index (χ0) is 21.7. The van der Waals surface area contributed by atoms with Gasteiger partial charge in [0.2, 0.25) is 0 Å². The monoisotopic (exact) mass is 421 g/mol. The van der Waals surface area contributed by atoms with Crippen LogP contribution in [0.25, 0.3) is 11.3 Å². The molecule has 0 N–H and O–H groups in total. The molecule has 30 heavy (non-hydrogen) atoms. The molecule has 5 heteroatoms. The van der Waals surface area contributed by atoms with Gasteiger partial charge in [-0.25, -0.2) is 4.98 Å². The summed E-state index contributed by atoms with van der Waals surface area (Å²) in [6.07, 6.45) is 0.888. The Balaban J connectivity index is 1.87. The van der Waals surface area contributed by atoms with Crippen LogP contribution in [0, 0.1) is 0 Å². The van der Waals surface area contributed by atoms with Crippen molar-refractivity contribution in [3.8, 4) is 11.3 Å². The Morgan fingerprint density at radius 1 is 0.967 bits per heavy atom. The van der Waals surface area contributed by atoms with Gasteiger partial charge in [0.1, 0.15) is 0 Å². The van der Waals surface area contributed by atoms with Crippen LogP contribution in [-0.2, 0) is 5.41 Å². The van der Waals surface area contributed by atoms with Crippen LogP contribution in [-0.4, -0.2) is 43.0 Å². The number of nitrogens with zero attached hydrogens (tertiary/aromatic N) is 3. The summed E-state index contributed by atoms with van der Waals surface area (Å²) in [6, 6.07) is 18.1. The number of benzene rings is 2. The van der Waals surface area contributed by atoms with Gasteiger partial charge in [0, 0.05) is 23.1 Å². The minimum absolute atomic E-state index is 0.00294. The van der Waals surface area contributed by atoms with Crippen molar-refractivity contribution in [2.45, 2.75) is 32.6 Å². The smallest absolute Gasteiger partial charge is 0.260 e. The Kier molecular flexibility index (Phi) is 7.06. The maximum absolute atomic E-state index is 13.4. The summed E-state index contributed by atoms with van der Waals surface area (Å²) in [5.74, 6) is 0.00294. The lowest BCUT2D eigenvalue weighted by Crippen LogP contribution is -2.33. The van der Waals surface area contributed by atoms with Crippen LogP contribution >= 0.6 is 11.3 Å². The Bertz CT molecular complexity index is 956. The van der Waals surface area contributed by atoms with E-state index in [0.29, 0.717) is 12.1 Å². The number of aromatic nitrogens is 1. The first kappa shape index (κ1) is 22.2. The van der Waals surface area contributed by atoms with Crippen molar-refractivity contribution >= 4 is 22.4 Å². The molecule has 0 spiro atoms. The minimum atomic E-state index is 0.00294. The molecule has 0 saturated carbocycles. The minimum Gasteiger partial charge on any atom is -0.309 e. The average Bonchev–Trinajstić information content (AvgIpc) is 3.20. The lowest BCUT2D eigenvalue weighted by Gasteiger charge is -2.22. The van der Waals surface area contributed by atoms with Crippen LogP contribution in [0.2, 0.25) is 0 Å². The SMILES string of the molecule is CN(C)CCCN(C(=O)c1ccc(C(C)(C)C)cc1)c1nc(-c2ccccc2)cs1. The molecule has 3 rings (SSSR count). The van der Waals surface area contributed by atoms with Crippen molar-refractivity contribution in [3.63, 3.8) is 0 Å². The molecule has 1 heterocycles. The maximum Gasteiger partial charge on any atom is 0.260 e. The number of hydrogen-bond acceptors (Lipinski definition) is 4. The highest BCUT2D eigenvalue weighted by molar-refractivity contribution is 7.14. The Hall–Kier alpha value is -2.50. The number of amides is 1. The third-order valence-electron chi connectivity index (χ3n) is 5.02. The van der Waals surface area contributed by atoms with E-state index in [9.17, 15) is 4.79 Å². The normalized spacial score (nSPS) is 11.7. The second kappa shape index (κ2) is 9.54. The molecule has 3 aromatic rings. The van der Waals surface area contributed by atoms with Crippen molar-refractivity contribution in [1.82, 2.24) is 9.88 Å². The van der Waals surface area contributed by atoms with Crippen LogP contribution in [0.1, 0.15) is 43.1 Å². The summed E-state index contributed by atoms with van der Waals surface area (Å²) in [6.45, 7) is 8.09. The summed E-state index contributed by atoms with van der Waals surface area (Å²) in [5, 5.41) is 2.78. The molecule has 2 aromatic carbocycles. The molecule has 0 fully saturated rings. The van der Waals surface area contributed by atoms with E-state index >= 15 is 0 Å². The Labute approximate surface area is 184 Å². The number of anilines is 1. The van der Waals surface area contributed by atoms with Crippen molar-refractivity contribution in [3.05, 3.63) is 71.1 Å². The van der Waals surface area contributed by atoms with Crippen molar-refractivity contribution in [1.29, 1.82) is 0 Å². The zero-order valence-corrected chi connectivity index (χ0v) is 19.4. The van der Waals surface area contributed by atoms with Gasteiger partial charge < -0.3 is 4.90 Å². The van der Waals surface area contributed by atoms with Crippen LogP contribution in [0.4, 0.5) is 5.13 Å². The first-order chi connectivity index (χ1) is 14.3. The van der Waals surface area contributed by atoms with Crippen molar-refractivity contribution in [2.75, 3.05) is 32.1 Å². The fraction of sp³-hybridized carbons (Fsp3) is 0.360. The molecule has 0 bridgehead atoms. The third-order valence-corrected chi connectivity index (χ3v) is 5.89. The summed E-state index contributed by atoms with van der Waals surface area (Å²) in [4.78, 5) is 22.2. The van der Waals surface area contributed by atoms with Gasteiger partial charge in [0.15, 0.2) is 5.13 Å². The molecule has 0 aliphatic heterocycles. The quantitative estimate of drug-likeness (QED) is 0.490. The fourth-order valence-corrected chi connectivity index (χ4v) is 4.09. The zero-order valence-electron chi connectivity index (χ0n) is 18.6. The molecule has 0 atom stereocenters. The molecule has 4 nitrogen and oxygen atoms in total. The summed E-state index contributed by atoms with van der Waals surface area (Å²) in [7, 11) is 4.10. The molecular formula is C25H31N3OS. The van der Waals surface area contributed by atoms with Crippen molar-refractivity contribution < 1.29 is 4.79 Å². The number of hydrogen-bond donors (Lipinski definition) is 0. The van der Waals surface area contributed by atoms with Gasteiger partial charge in [-0.3, -0.25) is 9.69 Å². The number of thiazole rings is 1. The van der Waals surface area contributed by atoms with E-state index in [1.54, 1.807) is 0 Å². The molecule has 0 radical (unpaired) electrons. The van der Waals surface area contributed by atoms with E-state index in [1.165, 1.54) is 16.9 Å².